The largest absolute Gasteiger partial charge is 0.393 e. The van der Waals surface area contributed by atoms with E-state index in [1.807, 2.05) is 13.8 Å². The Bertz CT molecular complexity index is 520. The Hall–Kier alpha value is -0.200. The van der Waals surface area contributed by atoms with Crippen molar-refractivity contribution in [1.29, 1.82) is 0 Å². The van der Waals surface area contributed by atoms with E-state index in [4.69, 9.17) is 14.2 Å². The molecule has 0 aromatic rings. The molecule has 0 spiro atoms. The average Bonchev–Trinajstić information content (AvgIpc) is 2.83. The van der Waals surface area contributed by atoms with Crippen LogP contribution in [0.25, 0.3) is 0 Å². The van der Waals surface area contributed by atoms with E-state index in [0.29, 0.717) is 35.5 Å². The van der Waals surface area contributed by atoms with Gasteiger partial charge >= 0.3 is 0 Å². The summed E-state index contributed by atoms with van der Waals surface area (Å²) in [7, 11) is 0. The highest BCUT2D eigenvalue weighted by molar-refractivity contribution is 4.68. The molecule has 0 bridgehead atoms. The zero-order valence-electron chi connectivity index (χ0n) is 29.2. The zero-order valence-corrected chi connectivity index (χ0v) is 29.2. The van der Waals surface area contributed by atoms with Crippen LogP contribution >= 0.6 is 0 Å². The maximum atomic E-state index is 9.67. The fourth-order valence-electron chi connectivity index (χ4n) is 6.85. The van der Waals surface area contributed by atoms with Gasteiger partial charge in [-0.15, -0.1) is 0 Å². The van der Waals surface area contributed by atoms with Gasteiger partial charge < -0.3 is 24.4 Å². The van der Waals surface area contributed by atoms with Crippen molar-refractivity contribution in [3.8, 4) is 0 Å². The third-order valence-electron chi connectivity index (χ3n) is 8.30. The molecule has 5 heteroatoms. The number of hydrogen-bond acceptors (Lipinski definition) is 5. The minimum absolute atomic E-state index is 0.194. The minimum Gasteiger partial charge on any atom is -0.393 e. The predicted octanol–water partition coefficient (Wildman–Crippen LogP) is 9.77. The van der Waals surface area contributed by atoms with E-state index in [2.05, 4.69) is 55.4 Å². The summed E-state index contributed by atoms with van der Waals surface area (Å²) in [6.45, 7) is 23.5. The van der Waals surface area contributed by atoms with Crippen molar-refractivity contribution in [2.24, 2.45) is 35.5 Å². The van der Waals surface area contributed by atoms with E-state index in [1.54, 1.807) is 0 Å². The molecule has 0 aromatic carbocycles. The van der Waals surface area contributed by atoms with Gasteiger partial charge in [-0.3, -0.25) is 0 Å². The van der Waals surface area contributed by atoms with Gasteiger partial charge in [-0.25, -0.2) is 0 Å². The predicted molar refractivity (Wildman–Crippen MR) is 175 cm³/mol. The van der Waals surface area contributed by atoms with Crippen molar-refractivity contribution in [1.82, 2.24) is 0 Å². The molecule has 0 saturated carbocycles. The molecular weight excluding hydrogens is 512 g/mol. The molecule has 10 unspecified atom stereocenters. The van der Waals surface area contributed by atoms with Crippen LogP contribution in [0.15, 0.2) is 0 Å². The molecule has 2 N–H and O–H groups in total. The smallest absolute Gasteiger partial charge is 0.160 e. The summed E-state index contributed by atoms with van der Waals surface area (Å²) >= 11 is 0. The lowest BCUT2D eigenvalue weighted by Gasteiger charge is -2.27. The second-order valence-corrected chi connectivity index (χ2v) is 14.3. The van der Waals surface area contributed by atoms with Gasteiger partial charge in [0, 0.05) is 13.2 Å². The van der Waals surface area contributed by atoms with Crippen LogP contribution in [0, 0.1) is 35.5 Å². The van der Waals surface area contributed by atoms with Crippen LogP contribution < -0.4 is 0 Å². The van der Waals surface area contributed by atoms with E-state index >= 15 is 0 Å². The first kappa shape index (κ1) is 40.8. The van der Waals surface area contributed by atoms with Crippen molar-refractivity contribution in [3.63, 3.8) is 0 Å². The molecular formula is C36H74O5. The number of aliphatic hydroxyl groups is 2. The van der Waals surface area contributed by atoms with Gasteiger partial charge in [-0.1, -0.05) is 68.2 Å². The van der Waals surface area contributed by atoms with Crippen LogP contribution in [0.5, 0.6) is 0 Å². The number of aliphatic hydroxyl groups excluding tert-OH is 2. The molecule has 10 atom stereocenters. The van der Waals surface area contributed by atoms with Crippen molar-refractivity contribution in [2.45, 2.75) is 184 Å². The van der Waals surface area contributed by atoms with Crippen molar-refractivity contribution in [3.05, 3.63) is 0 Å². The van der Waals surface area contributed by atoms with Gasteiger partial charge in [0.05, 0.1) is 12.2 Å². The van der Waals surface area contributed by atoms with Crippen molar-refractivity contribution >= 4 is 0 Å². The van der Waals surface area contributed by atoms with Gasteiger partial charge in [-0.2, -0.15) is 0 Å². The molecule has 0 radical (unpaired) electrons. The molecule has 0 amide bonds. The molecule has 0 aromatic heterocycles. The third-order valence-corrected chi connectivity index (χ3v) is 8.30. The van der Waals surface area contributed by atoms with Crippen LogP contribution in [0.3, 0.4) is 0 Å². The van der Waals surface area contributed by atoms with Crippen LogP contribution in [-0.2, 0) is 14.2 Å². The fourth-order valence-corrected chi connectivity index (χ4v) is 6.85. The fraction of sp³-hybridized carbons (Fsp3) is 1.00. The van der Waals surface area contributed by atoms with E-state index in [9.17, 15) is 10.2 Å². The highest BCUT2D eigenvalue weighted by Gasteiger charge is 2.20. The van der Waals surface area contributed by atoms with Gasteiger partial charge in [0.15, 0.2) is 12.6 Å². The van der Waals surface area contributed by atoms with Gasteiger partial charge in [0.25, 0.3) is 0 Å². The first-order valence-electron chi connectivity index (χ1n) is 17.6. The maximum absolute atomic E-state index is 9.67. The maximum Gasteiger partial charge on any atom is 0.160 e. The Morgan fingerprint density at radius 1 is 0.439 bits per heavy atom. The normalized spacial score (nSPS) is 19.6. The number of ether oxygens (including phenoxy) is 3. The van der Waals surface area contributed by atoms with Crippen molar-refractivity contribution < 1.29 is 24.4 Å². The monoisotopic (exact) mass is 587 g/mol. The number of hydrogen-bond donors (Lipinski definition) is 2. The summed E-state index contributed by atoms with van der Waals surface area (Å²) in [6, 6.07) is 0. The molecule has 0 fully saturated rings. The molecule has 0 saturated heterocycles. The summed E-state index contributed by atoms with van der Waals surface area (Å²) in [5.41, 5.74) is 0. The lowest BCUT2D eigenvalue weighted by molar-refractivity contribution is -0.250. The summed E-state index contributed by atoms with van der Waals surface area (Å²) in [4.78, 5) is 0. The van der Waals surface area contributed by atoms with Crippen LogP contribution in [0.1, 0.15) is 159 Å². The van der Waals surface area contributed by atoms with Gasteiger partial charge in [0.1, 0.15) is 0 Å². The van der Waals surface area contributed by atoms with E-state index in [0.717, 1.165) is 64.6 Å². The van der Waals surface area contributed by atoms with Crippen LogP contribution in [-0.4, -0.2) is 48.2 Å². The summed E-state index contributed by atoms with van der Waals surface area (Å²) in [6.07, 6.45) is 14.3. The topological polar surface area (TPSA) is 68.2 Å². The van der Waals surface area contributed by atoms with Crippen LogP contribution in [0.4, 0.5) is 0 Å². The van der Waals surface area contributed by atoms with Crippen molar-refractivity contribution in [2.75, 3.05) is 13.2 Å². The van der Waals surface area contributed by atoms with E-state index < -0.39 is 0 Å². The highest BCUT2D eigenvalue weighted by Crippen LogP contribution is 2.27. The third kappa shape index (κ3) is 24.9. The Labute approximate surface area is 256 Å². The molecule has 5 nitrogen and oxygen atoms in total. The molecule has 41 heavy (non-hydrogen) atoms. The summed E-state index contributed by atoms with van der Waals surface area (Å²) < 4.78 is 18.8. The van der Waals surface area contributed by atoms with Gasteiger partial charge in [0.2, 0.25) is 0 Å². The first-order chi connectivity index (χ1) is 19.4. The Balaban J connectivity index is 4.66. The molecule has 0 aliphatic rings. The Kier molecular flexibility index (Phi) is 25.0. The average molecular weight is 587 g/mol. The molecule has 0 aliphatic carbocycles. The molecule has 0 rings (SSSR count). The standard InChI is InChI=1S/C36H74O5/c1-11-19-39-35(17-13-15-27(3)21-29(5)23-31(7)25-33(9)37)41-36(40-20-12-2)18-14-16-28(4)22-30(6)24-32(8)26-34(10)38/h27-38H,11-26H2,1-10H3. The Morgan fingerprint density at radius 2 is 0.756 bits per heavy atom. The summed E-state index contributed by atoms with van der Waals surface area (Å²) in [5, 5.41) is 19.3. The van der Waals surface area contributed by atoms with E-state index in [1.165, 1.54) is 38.5 Å². The Morgan fingerprint density at radius 3 is 1.07 bits per heavy atom. The van der Waals surface area contributed by atoms with E-state index in [-0.39, 0.29) is 24.8 Å². The first-order valence-corrected chi connectivity index (χ1v) is 17.6. The molecule has 0 aliphatic heterocycles. The van der Waals surface area contributed by atoms with Gasteiger partial charge in [-0.05, 0) is 126 Å². The number of rotatable bonds is 28. The lowest BCUT2D eigenvalue weighted by atomic mass is 9.86. The second kappa shape index (κ2) is 25.2. The summed E-state index contributed by atoms with van der Waals surface area (Å²) in [5.74, 6) is 3.89. The molecule has 0 heterocycles. The second-order valence-electron chi connectivity index (χ2n) is 14.3. The highest BCUT2D eigenvalue weighted by atomic mass is 16.8. The lowest BCUT2D eigenvalue weighted by Crippen LogP contribution is -2.28. The van der Waals surface area contributed by atoms with Crippen LogP contribution in [0.2, 0.25) is 0 Å². The quantitative estimate of drug-likeness (QED) is 0.0893. The SMILES string of the molecule is CCCOC(CCCC(C)CC(C)CC(C)CC(C)O)OC(CCCC(C)CC(C)CC(C)CC(C)O)OCCC. The minimum atomic E-state index is -0.201. The molecule has 248 valence electrons. The zero-order chi connectivity index (χ0) is 31.2.